The van der Waals surface area contributed by atoms with Crippen LogP contribution in [0.1, 0.15) is 17.5 Å². The van der Waals surface area contributed by atoms with Crippen molar-refractivity contribution in [1.29, 1.82) is 0 Å². The smallest absolute Gasteiger partial charge is 0.312 e. The van der Waals surface area contributed by atoms with Crippen LogP contribution in [0.15, 0.2) is 24.3 Å². The molecule has 1 aliphatic heterocycles. The summed E-state index contributed by atoms with van der Waals surface area (Å²) in [6, 6.07) is 7.39. The van der Waals surface area contributed by atoms with E-state index in [9.17, 15) is 23.4 Å². The monoisotopic (exact) mass is 298 g/mol. The molecule has 1 aromatic rings. The normalized spacial score (nSPS) is 29.0. The summed E-state index contributed by atoms with van der Waals surface area (Å²) in [6.07, 6.45) is -1.29. The lowest BCUT2D eigenvalue weighted by atomic mass is 9.74. The average molecular weight is 298 g/mol. The Hall–Kier alpha value is -1.40. The molecule has 0 aliphatic carbocycles. The van der Waals surface area contributed by atoms with Crippen LogP contribution in [0.2, 0.25) is 0 Å². The van der Waals surface area contributed by atoms with Crippen molar-refractivity contribution in [2.24, 2.45) is 5.41 Å². The van der Waals surface area contributed by atoms with Gasteiger partial charge < -0.3 is 10.2 Å². The molecule has 1 aliphatic rings. The Kier molecular flexibility index (Phi) is 3.88. The highest BCUT2D eigenvalue weighted by Crippen LogP contribution is 2.37. The average Bonchev–Trinajstić information content (AvgIpc) is 2.32. The molecule has 2 N–H and O–H groups in total. The number of carbonyl (C=O) groups is 1. The first-order valence-corrected chi connectivity index (χ1v) is 8.25. The Morgan fingerprint density at radius 1 is 1.45 bits per heavy atom. The molecular weight excluding hydrogens is 280 g/mol. The van der Waals surface area contributed by atoms with Gasteiger partial charge in [-0.15, -0.1) is 0 Å². The first-order valence-electron chi connectivity index (χ1n) is 6.43. The highest BCUT2D eigenvalue weighted by atomic mass is 32.2. The van der Waals surface area contributed by atoms with Crippen molar-refractivity contribution in [3.8, 4) is 0 Å². The SMILES string of the molecule is Cc1cccc(CC2(C(=O)O)CCS(=O)(=O)CC2O)c1. The number of aliphatic hydroxyl groups is 1. The van der Waals surface area contributed by atoms with Crippen LogP contribution in [-0.4, -0.2) is 42.2 Å². The number of benzene rings is 1. The standard InChI is InChI=1S/C14H18O5S/c1-10-3-2-4-11(7-10)8-14(13(16)17)5-6-20(18,19)9-12(14)15/h2-4,7,12,15H,5-6,8-9H2,1H3,(H,16,17). The van der Waals surface area contributed by atoms with Crippen molar-refractivity contribution in [1.82, 2.24) is 0 Å². The van der Waals surface area contributed by atoms with E-state index in [1.807, 2.05) is 25.1 Å². The first-order chi connectivity index (χ1) is 9.25. The van der Waals surface area contributed by atoms with Crippen molar-refractivity contribution in [2.45, 2.75) is 25.9 Å². The minimum atomic E-state index is -3.35. The van der Waals surface area contributed by atoms with Crippen molar-refractivity contribution < 1.29 is 23.4 Å². The van der Waals surface area contributed by atoms with Crippen LogP contribution in [-0.2, 0) is 21.1 Å². The van der Waals surface area contributed by atoms with Crippen molar-refractivity contribution >= 4 is 15.8 Å². The summed E-state index contributed by atoms with van der Waals surface area (Å²) in [5, 5.41) is 19.6. The van der Waals surface area contributed by atoms with Crippen molar-refractivity contribution in [3.05, 3.63) is 35.4 Å². The fraction of sp³-hybridized carbons (Fsp3) is 0.500. The third kappa shape index (κ3) is 2.86. The molecule has 6 heteroatoms. The van der Waals surface area contributed by atoms with E-state index in [-0.39, 0.29) is 18.6 Å². The number of aliphatic carboxylic acids is 1. The van der Waals surface area contributed by atoms with Gasteiger partial charge in [0, 0.05) is 0 Å². The maximum absolute atomic E-state index is 11.6. The molecule has 1 heterocycles. The molecule has 1 aromatic carbocycles. The zero-order valence-corrected chi connectivity index (χ0v) is 12.1. The molecule has 5 nitrogen and oxygen atoms in total. The second-order valence-corrected chi connectivity index (χ2v) is 7.74. The third-order valence-electron chi connectivity index (χ3n) is 3.94. The summed E-state index contributed by atoms with van der Waals surface area (Å²) in [4.78, 5) is 11.6. The molecule has 0 spiro atoms. The summed E-state index contributed by atoms with van der Waals surface area (Å²) in [7, 11) is -3.35. The van der Waals surface area contributed by atoms with E-state index in [4.69, 9.17) is 0 Å². The number of hydrogen-bond donors (Lipinski definition) is 2. The van der Waals surface area contributed by atoms with Crippen LogP contribution in [0.5, 0.6) is 0 Å². The lowest BCUT2D eigenvalue weighted by Crippen LogP contribution is -2.52. The van der Waals surface area contributed by atoms with E-state index in [2.05, 4.69) is 0 Å². The fourth-order valence-electron chi connectivity index (χ4n) is 2.71. The lowest BCUT2D eigenvalue weighted by Gasteiger charge is -2.37. The Labute approximate surface area is 118 Å². The van der Waals surface area contributed by atoms with Crippen molar-refractivity contribution in [2.75, 3.05) is 11.5 Å². The molecule has 2 rings (SSSR count). The summed E-state index contributed by atoms with van der Waals surface area (Å²) < 4.78 is 23.0. The molecule has 0 saturated carbocycles. The number of sulfone groups is 1. The maximum atomic E-state index is 11.6. The second-order valence-electron chi connectivity index (χ2n) is 5.51. The molecular formula is C14H18O5S. The van der Waals surface area contributed by atoms with Gasteiger partial charge in [0.2, 0.25) is 0 Å². The lowest BCUT2D eigenvalue weighted by molar-refractivity contribution is -0.156. The van der Waals surface area contributed by atoms with E-state index in [1.165, 1.54) is 0 Å². The molecule has 1 saturated heterocycles. The fourth-order valence-corrected chi connectivity index (χ4v) is 4.35. The molecule has 0 radical (unpaired) electrons. The van der Waals surface area contributed by atoms with Crippen LogP contribution < -0.4 is 0 Å². The van der Waals surface area contributed by atoms with Gasteiger partial charge in [0.25, 0.3) is 0 Å². The van der Waals surface area contributed by atoms with Crippen LogP contribution in [0.4, 0.5) is 0 Å². The number of aliphatic hydroxyl groups excluding tert-OH is 1. The minimum absolute atomic E-state index is 0.0558. The first kappa shape index (κ1) is 15.0. The van der Waals surface area contributed by atoms with Gasteiger partial charge >= 0.3 is 5.97 Å². The van der Waals surface area contributed by atoms with Gasteiger partial charge in [-0.2, -0.15) is 0 Å². The number of aryl methyl sites for hydroxylation is 1. The van der Waals surface area contributed by atoms with E-state index in [0.717, 1.165) is 11.1 Å². The van der Waals surface area contributed by atoms with Crippen LogP contribution in [0.25, 0.3) is 0 Å². The van der Waals surface area contributed by atoms with Crippen LogP contribution >= 0.6 is 0 Å². The van der Waals surface area contributed by atoms with Gasteiger partial charge in [0.15, 0.2) is 9.84 Å². The molecule has 0 bridgehead atoms. The van der Waals surface area contributed by atoms with Gasteiger partial charge in [-0.25, -0.2) is 8.42 Å². The summed E-state index contributed by atoms with van der Waals surface area (Å²) >= 11 is 0. The Morgan fingerprint density at radius 3 is 2.70 bits per heavy atom. The van der Waals surface area contributed by atoms with Gasteiger partial charge in [0.1, 0.15) is 0 Å². The second kappa shape index (κ2) is 5.18. The van der Waals surface area contributed by atoms with E-state index < -0.39 is 33.1 Å². The highest BCUT2D eigenvalue weighted by Gasteiger charge is 2.50. The number of rotatable bonds is 3. The Bertz CT molecular complexity index is 622. The zero-order chi connectivity index (χ0) is 15.0. The largest absolute Gasteiger partial charge is 0.481 e. The van der Waals surface area contributed by atoms with Crippen LogP contribution in [0, 0.1) is 12.3 Å². The van der Waals surface area contributed by atoms with Crippen molar-refractivity contribution in [3.63, 3.8) is 0 Å². The predicted octanol–water partition coefficient (Wildman–Crippen LogP) is 0.788. The van der Waals surface area contributed by atoms with Gasteiger partial charge in [0.05, 0.1) is 23.0 Å². The van der Waals surface area contributed by atoms with Gasteiger partial charge in [-0.1, -0.05) is 29.8 Å². The topological polar surface area (TPSA) is 91.7 Å². The molecule has 0 aromatic heterocycles. The zero-order valence-electron chi connectivity index (χ0n) is 11.2. The minimum Gasteiger partial charge on any atom is -0.481 e. The maximum Gasteiger partial charge on any atom is 0.312 e. The Balaban J connectivity index is 2.34. The number of carboxylic acids is 1. The molecule has 2 unspecified atom stereocenters. The summed E-state index contributed by atoms with van der Waals surface area (Å²) in [5.74, 6) is -1.81. The van der Waals surface area contributed by atoms with Gasteiger partial charge in [-0.05, 0) is 25.3 Å². The molecule has 0 amide bonds. The number of hydrogen-bond acceptors (Lipinski definition) is 4. The predicted molar refractivity (Wildman–Crippen MR) is 74.2 cm³/mol. The third-order valence-corrected chi connectivity index (χ3v) is 5.59. The van der Waals surface area contributed by atoms with E-state index in [0.29, 0.717) is 0 Å². The number of carboxylic acid groups (broad SMARTS) is 1. The highest BCUT2D eigenvalue weighted by molar-refractivity contribution is 7.91. The van der Waals surface area contributed by atoms with E-state index in [1.54, 1.807) is 6.07 Å². The van der Waals surface area contributed by atoms with Crippen LogP contribution in [0.3, 0.4) is 0 Å². The quantitative estimate of drug-likeness (QED) is 0.860. The Morgan fingerprint density at radius 2 is 2.15 bits per heavy atom. The molecule has 110 valence electrons. The molecule has 2 atom stereocenters. The summed E-state index contributed by atoms with van der Waals surface area (Å²) in [5.41, 5.74) is 0.380. The summed E-state index contributed by atoms with van der Waals surface area (Å²) in [6.45, 7) is 1.90. The molecule has 20 heavy (non-hydrogen) atoms. The van der Waals surface area contributed by atoms with E-state index >= 15 is 0 Å². The van der Waals surface area contributed by atoms with Gasteiger partial charge in [-0.3, -0.25) is 4.79 Å². The molecule has 1 fully saturated rings.